The molecule has 2 fully saturated rings. The van der Waals surface area contributed by atoms with Gasteiger partial charge in [0.05, 0.1) is 17.3 Å². The summed E-state index contributed by atoms with van der Waals surface area (Å²) in [5.74, 6) is -0.0993. The number of aromatic nitrogens is 3. The van der Waals surface area contributed by atoms with Crippen LogP contribution in [0.2, 0.25) is 5.02 Å². The smallest absolute Gasteiger partial charge is 0.333 e. The van der Waals surface area contributed by atoms with Crippen LogP contribution in [-0.2, 0) is 10.2 Å². The number of rotatable bonds is 8. The number of benzene rings is 1. The number of nitrogens with one attached hydrogen (secondary N) is 1. The molecule has 0 amide bonds. The van der Waals surface area contributed by atoms with Gasteiger partial charge < -0.3 is 10.0 Å². The minimum Gasteiger partial charge on any atom is -0.389 e. The monoisotopic (exact) mass is 655 g/mol. The molecule has 5 heterocycles. The molecule has 0 bridgehead atoms. The Hall–Kier alpha value is -2.82. The summed E-state index contributed by atoms with van der Waals surface area (Å²) in [5.41, 5.74) is 0.464. The number of fused-ring (bicyclic) bond motifs is 1. The highest BCUT2D eigenvalue weighted by Gasteiger charge is 2.46. The Kier molecular flexibility index (Phi) is 7.92. The van der Waals surface area contributed by atoms with E-state index in [1.54, 1.807) is 25.4 Å². The van der Waals surface area contributed by atoms with Gasteiger partial charge in [0.15, 0.2) is 10.8 Å². The van der Waals surface area contributed by atoms with Gasteiger partial charge in [-0.05, 0) is 44.9 Å². The molecule has 6 rings (SSSR count). The molecular weight excluding hydrogens is 627 g/mol. The van der Waals surface area contributed by atoms with Crippen LogP contribution >= 0.6 is 22.9 Å². The molecule has 10 nitrogen and oxygen atoms in total. The number of aliphatic imine (C=N–C) groups is 1. The summed E-state index contributed by atoms with van der Waals surface area (Å²) in [6, 6.07) is 3.24. The third kappa shape index (κ3) is 5.73. The summed E-state index contributed by atoms with van der Waals surface area (Å²) in [4.78, 5) is 11.2. The number of hydrogen-bond acceptors (Lipinski definition) is 8. The Bertz CT molecular complexity index is 1690. The Labute approximate surface area is 255 Å². The fourth-order valence-corrected chi connectivity index (χ4v) is 8.74. The number of halogens is 4. The zero-order valence-corrected chi connectivity index (χ0v) is 25.6. The molecule has 0 saturated carbocycles. The molecule has 3 aliphatic heterocycles. The molecule has 3 aromatic rings. The van der Waals surface area contributed by atoms with Crippen molar-refractivity contribution in [3.63, 3.8) is 0 Å². The SMILES string of the molecule is CC(C)(O)C1CCCN1S(=O)(=O)N[C@H]1CC2=C(c3ccn(C(F)F)n3)[C@H](c3ccc(F)cc3Cl)N=C(c3nccs3)N2C1. The van der Waals surface area contributed by atoms with E-state index in [1.165, 1.54) is 33.8 Å². The lowest BCUT2D eigenvalue weighted by molar-refractivity contribution is 0.0211. The van der Waals surface area contributed by atoms with E-state index in [2.05, 4.69) is 14.8 Å². The average molecular weight is 656 g/mol. The van der Waals surface area contributed by atoms with Gasteiger partial charge in [-0.3, -0.25) is 4.99 Å². The van der Waals surface area contributed by atoms with Crippen LogP contribution in [0.4, 0.5) is 13.2 Å². The first-order valence-electron chi connectivity index (χ1n) is 13.6. The molecular formula is C27H29ClF3N7O3S2. The van der Waals surface area contributed by atoms with Crippen LogP contribution < -0.4 is 4.72 Å². The summed E-state index contributed by atoms with van der Waals surface area (Å²) in [5, 5.41) is 17.2. The van der Waals surface area contributed by atoms with Gasteiger partial charge in [-0.1, -0.05) is 17.7 Å². The van der Waals surface area contributed by atoms with Gasteiger partial charge in [0.1, 0.15) is 11.9 Å². The van der Waals surface area contributed by atoms with E-state index < -0.39 is 46.3 Å². The van der Waals surface area contributed by atoms with Crippen LogP contribution in [0.25, 0.3) is 5.57 Å². The molecule has 0 aliphatic carbocycles. The van der Waals surface area contributed by atoms with Crippen molar-refractivity contribution >= 4 is 44.6 Å². The van der Waals surface area contributed by atoms with Crippen LogP contribution in [0, 0.1) is 5.82 Å². The van der Waals surface area contributed by atoms with Gasteiger partial charge in [0.2, 0.25) is 0 Å². The highest BCUT2D eigenvalue weighted by atomic mass is 35.5. The second-order valence-electron chi connectivity index (χ2n) is 11.2. The molecule has 0 radical (unpaired) electrons. The second kappa shape index (κ2) is 11.3. The quantitative estimate of drug-likeness (QED) is 0.367. The van der Waals surface area contributed by atoms with Gasteiger partial charge in [0, 0.05) is 65.2 Å². The molecule has 1 unspecified atom stereocenters. The normalized spacial score (nSPS) is 23.4. The van der Waals surface area contributed by atoms with Gasteiger partial charge >= 0.3 is 6.55 Å². The fourth-order valence-electron chi connectivity index (χ4n) is 6.04. The Balaban J connectivity index is 1.45. The highest BCUT2D eigenvalue weighted by Crippen LogP contribution is 2.46. The highest BCUT2D eigenvalue weighted by molar-refractivity contribution is 7.87. The average Bonchev–Trinajstić information content (AvgIpc) is 3.73. The van der Waals surface area contributed by atoms with Gasteiger partial charge in [-0.25, -0.2) is 14.1 Å². The van der Waals surface area contributed by atoms with Crippen molar-refractivity contribution in [2.24, 2.45) is 4.99 Å². The lowest BCUT2D eigenvalue weighted by atomic mass is 9.92. The van der Waals surface area contributed by atoms with Crippen molar-refractivity contribution in [3.05, 3.63) is 74.8 Å². The molecule has 3 atom stereocenters. The lowest BCUT2D eigenvalue weighted by Crippen LogP contribution is -2.53. The predicted molar refractivity (Wildman–Crippen MR) is 156 cm³/mol. The number of aliphatic hydroxyl groups is 1. The summed E-state index contributed by atoms with van der Waals surface area (Å²) in [7, 11) is -4.02. The maximum absolute atomic E-state index is 14.0. The molecule has 0 spiro atoms. The first-order valence-corrected chi connectivity index (χ1v) is 16.3. The molecule has 230 valence electrons. The molecule has 2 aromatic heterocycles. The maximum atomic E-state index is 14.0. The van der Waals surface area contributed by atoms with Crippen LogP contribution in [0.15, 0.2) is 52.7 Å². The molecule has 16 heteroatoms. The number of thiazole rings is 1. The first kappa shape index (κ1) is 30.2. The van der Waals surface area contributed by atoms with Crippen LogP contribution in [-0.4, -0.2) is 74.1 Å². The van der Waals surface area contributed by atoms with Crippen molar-refractivity contribution < 1.29 is 26.7 Å². The minimum atomic E-state index is -4.02. The van der Waals surface area contributed by atoms with Gasteiger partial charge in [-0.2, -0.15) is 31.3 Å². The Morgan fingerprint density at radius 2 is 2.05 bits per heavy atom. The third-order valence-electron chi connectivity index (χ3n) is 7.87. The summed E-state index contributed by atoms with van der Waals surface area (Å²) < 4.78 is 73.1. The summed E-state index contributed by atoms with van der Waals surface area (Å²) in [6.07, 6.45) is 4.10. The van der Waals surface area contributed by atoms with Crippen molar-refractivity contribution in [3.8, 4) is 0 Å². The van der Waals surface area contributed by atoms with E-state index in [0.29, 0.717) is 45.2 Å². The van der Waals surface area contributed by atoms with Crippen molar-refractivity contribution in [1.82, 2.24) is 28.7 Å². The van der Waals surface area contributed by atoms with Crippen molar-refractivity contribution in [2.75, 3.05) is 13.1 Å². The van der Waals surface area contributed by atoms with Gasteiger partial charge in [-0.15, -0.1) is 11.3 Å². The standard InChI is InChI=1S/C27H29ClF3N7O3S2/c1-27(2,39)21-4-3-9-38(21)43(40,41)35-16-13-20-22(19-7-10-37(34-19)26(30)31)23(17-6-5-15(29)12-18(17)28)33-24(36(20)14-16)25-32-8-11-42-25/h5-8,10-12,16,21,23,26,35,39H,3-4,9,13-14H2,1-2H3/t16-,21?,23-/m0/s1. The first-order chi connectivity index (χ1) is 20.3. The van der Waals surface area contributed by atoms with Gasteiger partial charge in [0.25, 0.3) is 10.2 Å². The van der Waals surface area contributed by atoms with Crippen molar-refractivity contribution in [1.29, 1.82) is 0 Å². The fraction of sp³-hybridized carbons (Fsp3) is 0.444. The molecule has 43 heavy (non-hydrogen) atoms. The summed E-state index contributed by atoms with van der Waals surface area (Å²) >= 11 is 7.84. The van der Waals surface area contributed by atoms with E-state index in [1.807, 2.05) is 4.90 Å². The Morgan fingerprint density at radius 3 is 2.70 bits per heavy atom. The summed E-state index contributed by atoms with van der Waals surface area (Å²) in [6.45, 7) is 0.754. The molecule has 3 aliphatic rings. The van der Waals surface area contributed by atoms with Crippen molar-refractivity contribution in [2.45, 2.75) is 63.4 Å². The number of amidine groups is 1. The second-order valence-corrected chi connectivity index (χ2v) is 14.2. The van der Waals surface area contributed by atoms with Crippen LogP contribution in [0.5, 0.6) is 0 Å². The topological polar surface area (TPSA) is 116 Å². The molecule has 2 N–H and O–H groups in total. The van der Waals surface area contributed by atoms with Crippen LogP contribution in [0.1, 0.15) is 62.0 Å². The lowest BCUT2D eigenvalue weighted by Gasteiger charge is -2.33. The van der Waals surface area contributed by atoms with E-state index in [9.17, 15) is 26.7 Å². The zero-order valence-electron chi connectivity index (χ0n) is 23.2. The van der Waals surface area contributed by atoms with E-state index in [4.69, 9.17) is 16.6 Å². The number of hydrogen-bond donors (Lipinski definition) is 2. The zero-order chi connectivity index (χ0) is 30.7. The third-order valence-corrected chi connectivity index (χ3v) is 10.7. The number of alkyl halides is 2. The Morgan fingerprint density at radius 1 is 1.26 bits per heavy atom. The van der Waals surface area contributed by atoms with E-state index in [0.717, 1.165) is 12.3 Å². The predicted octanol–water partition coefficient (Wildman–Crippen LogP) is 4.58. The molecule has 2 saturated heterocycles. The molecule has 1 aromatic carbocycles. The van der Waals surface area contributed by atoms with Crippen LogP contribution in [0.3, 0.4) is 0 Å². The minimum absolute atomic E-state index is 0.0917. The van der Waals surface area contributed by atoms with E-state index in [-0.39, 0.29) is 30.2 Å². The number of nitrogens with zero attached hydrogens (tertiary/aromatic N) is 6. The maximum Gasteiger partial charge on any atom is 0.333 e. The van der Waals surface area contributed by atoms with E-state index >= 15 is 0 Å². The largest absolute Gasteiger partial charge is 0.389 e.